The summed E-state index contributed by atoms with van der Waals surface area (Å²) in [6.45, 7) is 19.7. The van der Waals surface area contributed by atoms with Crippen molar-refractivity contribution in [2.75, 3.05) is 6.61 Å². The Labute approximate surface area is 213 Å². The molecule has 2 rings (SSSR count). The zero-order valence-electron chi connectivity index (χ0n) is 22.5. The van der Waals surface area contributed by atoms with Crippen molar-refractivity contribution in [2.45, 2.75) is 97.7 Å². The molecule has 1 fully saturated rings. The summed E-state index contributed by atoms with van der Waals surface area (Å²) < 4.78 is 12.4. The highest BCUT2D eigenvalue weighted by Crippen LogP contribution is 2.40. The first-order valence-corrected chi connectivity index (χ1v) is 15.9. The minimum Gasteiger partial charge on any atom is -0.468 e. The van der Waals surface area contributed by atoms with Crippen molar-refractivity contribution < 1.29 is 19.1 Å². The van der Waals surface area contributed by atoms with Gasteiger partial charge in [0.1, 0.15) is 6.61 Å². The van der Waals surface area contributed by atoms with E-state index in [9.17, 15) is 9.90 Å². The third-order valence-electron chi connectivity index (χ3n) is 7.91. The molecule has 0 aromatic heterocycles. The van der Waals surface area contributed by atoms with Gasteiger partial charge < -0.3 is 14.3 Å². The van der Waals surface area contributed by atoms with Crippen molar-refractivity contribution in [1.29, 1.82) is 0 Å². The first-order valence-electron chi connectivity index (χ1n) is 12.6. The summed E-state index contributed by atoms with van der Waals surface area (Å²) in [5.41, 5.74) is 1.12. The fourth-order valence-corrected chi connectivity index (χ4v) is 6.06. The molecule has 34 heavy (non-hydrogen) atoms. The van der Waals surface area contributed by atoms with Crippen LogP contribution < -0.4 is 0 Å². The smallest absolute Gasteiger partial charge is 0.266 e. The maximum absolute atomic E-state index is 13.6. The quantitative estimate of drug-likeness (QED) is 0.320. The molecule has 1 amide bonds. The Morgan fingerprint density at radius 3 is 2.35 bits per heavy atom. The van der Waals surface area contributed by atoms with Crippen molar-refractivity contribution in [3.8, 4) is 0 Å². The molecule has 1 saturated heterocycles. The summed E-state index contributed by atoms with van der Waals surface area (Å²) in [4.78, 5) is 15.2. The lowest BCUT2D eigenvalue weighted by atomic mass is 9.83. The van der Waals surface area contributed by atoms with Crippen LogP contribution in [-0.4, -0.2) is 54.3 Å². The Balaban J connectivity index is 2.20. The second-order valence-corrected chi connectivity index (χ2v) is 16.6. The van der Waals surface area contributed by atoms with Gasteiger partial charge in [-0.2, -0.15) is 0 Å². The molecule has 0 radical (unpaired) electrons. The molecule has 1 heterocycles. The molecule has 1 aliphatic heterocycles. The number of carbonyl (C=O) groups is 1. The molecule has 0 spiro atoms. The van der Waals surface area contributed by atoms with Crippen LogP contribution >= 0.6 is 12.2 Å². The number of ether oxygens (including phenoxy) is 1. The van der Waals surface area contributed by atoms with Crippen LogP contribution in [-0.2, 0) is 20.4 Å². The Bertz CT molecular complexity index is 826. The minimum atomic E-state index is -2.06. The topological polar surface area (TPSA) is 59.0 Å². The fourth-order valence-electron chi connectivity index (χ4n) is 4.27. The molecule has 5 nitrogen and oxygen atoms in total. The van der Waals surface area contributed by atoms with Gasteiger partial charge in [-0.1, -0.05) is 85.2 Å². The molecule has 1 N–H and O–H groups in total. The average Bonchev–Trinajstić information content (AvgIpc) is 3.14. The third-order valence-corrected chi connectivity index (χ3v) is 12.7. The molecule has 0 unspecified atom stereocenters. The predicted octanol–water partition coefficient (Wildman–Crippen LogP) is 5.81. The first-order chi connectivity index (χ1) is 15.7. The molecule has 1 aromatic rings. The SMILES string of the molecule is CC[C@H](C)[C@@H](O[Si](C)(C)C(C)(C)C)[C@H](C)[C@@H](O)[C@H](C)C(=O)N1C(=S)OC[C@@H]1Cc1ccccc1. The van der Waals surface area contributed by atoms with Gasteiger partial charge in [0.15, 0.2) is 8.32 Å². The van der Waals surface area contributed by atoms with Gasteiger partial charge in [-0.05, 0) is 48.3 Å². The lowest BCUT2D eigenvalue weighted by Gasteiger charge is -2.44. The summed E-state index contributed by atoms with van der Waals surface area (Å²) in [6.07, 6.45) is 0.631. The van der Waals surface area contributed by atoms with E-state index < -0.39 is 20.3 Å². The highest BCUT2D eigenvalue weighted by Gasteiger charge is 2.45. The normalized spacial score (nSPS) is 21.5. The number of aliphatic hydroxyl groups excluding tert-OH is 1. The second-order valence-electron chi connectivity index (χ2n) is 11.5. The molecule has 0 saturated carbocycles. The zero-order valence-corrected chi connectivity index (χ0v) is 24.3. The van der Waals surface area contributed by atoms with Crippen molar-refractivity contribution >= 4 is 31.6 Å². The van der Waals surface area contributed by atoms with Gasteiger partial charge >= 0.3 is 0 Å². The van der Waals surface area contributed by atoms with E-state index in [1.54, 1.807) is 11.8 Å². The molecule has 6 atom stereocenters. The summed E-state index contributed by atoms with van der Waals surface area (Å²) in [5.74, 6) is -0.740. The maximum atomic E-state index is 13.6. The number of aliphatic hydroxyl groups is 1. The fraction of sp³-hybridized carbons (Fsp3) is 0.704. The van der Waals surface area contributed by atoms with E-state index in [2.05, 4.69) is 47.7 Å². The number of nitrogens with zero attached hydrogens (tertiary/aromatic N) is 1. The van der Waals surface area contributed by atoms with Crippen LogP contribution in [0, 0.1) is 17.8 Å². The van der Waals surface area contributed by atoms with Crippen LogP contribution in [0.5, 0.6) is 0 Å². The second kappa shape index (κ2) is 11.6. The van der Waals surface area contributed by atoms with Crippen LogP contribution in [0.1, 0.15) is 60.5 Å². The zero-order chi connectivity index (χ0) is 25.8. The van der Waals surface area contributed by atoms with Gasteiger partial charge in [-0.25, -0.2) is 0 Å². The summed E-state index contributed by atoms with van der Waals surface area (Å²) in [5, 5.41) is 11.7. The molecule has 1 aromatic carbocycles. The Hall–Kier alpha value is -1.28. The Kier molecular flexibility index (Phi) is 9.91. The van der Waals surface area contributed by atoms with Gasteiger partial charge in [0.05, 0.1) is 24.2 Å². The van der Waals surface area contributed by atoms with Gasteiger partial charge in [0.2, 0.25) is 5.91 Å². The number of hydrogen-bond acceptors (Lipinski definition) is 5. The van der Waals surface area contributed by atoms with E-state index in [1.807, 2.05) is 37.3 Å². The van der Waals surface area contributed by atoms with Gasteiger partial charge in [0, 0.05) is 5.92 Å². The minimum absolute atomic E-state index is 0.0640. The molecule has 1 aliphatic rings. The largest absolute Gasteiger partial charge is 0.468 e. The van der Waals surface area contributed by atoms with Crippen molar-refractivity contribution in [3.05, 3.63) is 35.9 Å². The molecule has 0 aliphatic carbocycles. The van der Waals surface area contributed by atoms with Crippen LogP contribution in [0.15, 0.2) is 30.3 Å². The summed E-state index contributed by atoms with van der Waals surface area (Å²) in [6, 6.07) is 9.86. The molecular weight excluding hydrogens is 462 g/mol. The lowest BCUT2D eigenvalue weighted by molar-refractivity contribution is -0.138. The van der Waals surface area contributed by atoms with E-state index in [0.29, 0.717) is 13.0 Å². The number of benzene rings is 1. The van der Waals surface area contributed by atoms with Crippen molar-refractivity contribution in [1.82, 2.24) is 4.90 Å². The highest BCUT2D eigenvalue weighted by molar-refractivity contribution is 7.80. The van der Waals surface area contributed by atoms with Crippen molar-refractivity contribution in [3.63, 3.8) is 0 Å². The number of amides is 1. The number of hydrogen-bond donors (Lipinski definition) is 1. The third kappa shape index (κ3) is 6.68. The van der Waals surface area contributed by atoms with Gasteiger partial charge in [-0.15, -0.1) is 0 Å². The van der Waals surface area contributed by atoms with E-state index in [0.717, 1.165) is 12.0 Å². The van der Waals surface area contributed by atoms with Crippen LogP contribution in [0.4, 0.5) is 0 Å². The maximum Gasteiger partial charge on any atom is 0.266 e. The van der Waals surface area contributed by atoms with Crippen molar-refractivity contribution in [2.24, 2.45) is 17.8 Å². The van der Waals surface area contributed by atoms with Crippen LogP contribution in [0.3, 0.4) is 0 Å². The summed E-state index contributed by atoms with van der Waals surface area (Å²) in [7, 11) is -2.06. The Morgan fingerprint density at radius 1 is 1.24 bits per heavy atom. The highest BCUT2D eigenvalue weighted by atomic mass is 32.1. The molecule has 192 valence electrons. The first kappa shape index (κ1) is 29.0. The van der Waals surface area contributed by atoms with Gasteiger partial charge in [-0.3, -0.25) is 9.69 Å². The number of carbonyl (C=O) groups excluding carboxylic acids is 1. The molecule has 7 heteroatoms. The van der Waals surface area contributed by atoms with E-state index in [-0.39, 0.29) is 40.1 Å². The number of thiocarbonyl (C=S) groups is 1. The molecule has 0 bridgehead atoms. The molecular formula is C27H45NO4SSi. The summed E-state index contributed by atoms with van der Waals surface area (Å²) >= 11 is 5.39. The Morgan fingerprint density at radius 2 is 1.82 bits per heavy atom. The van der Waals surface area contributed by atoms with Gasteiger partial charge in [0.25, 0.3) is 5.17 Å². The monoisotopic (exact) mass is 507 g/mol. The van der Waals surface area contributed by atoms with Crippen LogP contribution in [0.25, 0.3) is 0 Å². The van der Waals surface area contributed by atoms with E-state index in [1.165, 1.54) is 0 Å². The standard InChI is InChI=1S/C27H45NO4SSi/c1-10-18(2)24(32-34(8,9)27(5,6)7)19(3)23(29)20(4)25(30)28-22(17-31-26(28)33)16-21-14-12-11-13-15-21/h11-15,18-20,22-24,29H,10,16-17H2,1-9H3/t18-,19+,20-,22-,23+,24+/m0/s1. The lowest BCUT2D eigenvalue weighted by Crippen LogP contribution is -2.52. The van der Waals surface area contributed by atoms with E-state index in [4.69, 9.17) is 21.4 Å². The predicted molar refractivity (Wildman–Crippen MR) is 145 cm³/mol. The number of rotatable bonds is 10. The average molecular weight is 508 g/mol. The van der Waals surface area contributed by atoms with E-state index >= 15 is 0 Å². The van der Waals surface area contributed by atoms with Crippen LogP contribution in [0.2, 0.25) is 18.1 Å².